The molecule has 1 aliphatic rings. The number of benzene rings is 2. The SMILES string of the molecule is OC(c1ccccc1)C1(CNCc2ccccc2F)CC1. The van der Waals surface area contributed by atoms with E-state index in [-0.39, 0.29) is 11.2 Å². The van der Waals surface area contributed by atoms with Crippen LogP contribution in [0.15, 0.2) is 54.6 Å². The summed E-state index contributed by atoms with van der Waals surface area (Å²) in [6.07, 6.45) is 1.56. The smallest absolute Gasteiger partial charge is 0.127 e. The van der Waals surface area contributed by atoms with Gasteiger partial charge in [-0.3, -0.25) is 0 Å². The first-order chi connectivity index (χ1) is 10.2. The van der Waals surface area contributed by atoms with Gasteiger partial charge in [0.1, 0.15) is 5.82 Å². The Morgan fingerprint density at radius 3 is 2.38 bits per heavy atom. The molecular formula is C18H20FNO. The van der Waals surface area contributed by atoms with Crippen molar-refractivity contribution in [3.8, 4) is 0 Å². The van der Waals surface area contributed by atoms with E-state index in [2.05, 4.69) is 5.32 Å². The molecule has 0 radical (unpaired) electrons. The average molecular weight is 285 g/mol. The van der Waals surface area contributed by atoms with Crippen LogP contribution in [-0.2, 0) is 6.54 Å². The van der Waals surface area contributed by atoms with Gasteiger partial charge in [0.25, 0.3) is 0 Å². The Kier molecular flexibility index (Phi) is 4.04. The van der Waals surface area contributed by atoms with Crippen molar-refractivity contribution in [2.24, 2.45) is 5.41 Å². The quantitative estimate of drug-likeness (QED) is 0.852. The van der Waals surface area contributed by atoms with Crippen molar-refractivity contribution < 1.29 is 9.50 Å². The van der Waals surface area contributed by atoms with Crippen molar-refractivity contribution in [1.82, 2.24) is 5.32 Å². The predicted molar refractivity (Wildman–Crippen MR) is 81.2 cm³/mol. The van der Waals surface area contributed by atoms with Crippen molar-refractivity contribution in [2.75, 3.05) is 6.54 Å². The first-order valence-electron chi connectivity index (χ1n) is 7.38. The molecule has 2 aromatic rings. The standard InChI is InChI=1S/C18H20FNO/c19-16-9-5-4-8-15(16)12-20-13-18(10-11-18)17(21)14-6-2-1-3-7-14/h1-9,17,20-21H,10-13H2. The molecule has 0 spiro atoms. The molecule has 1 unspecified atom stereocenters. The number of nitrogens with one attached hydrogen (secondary N) is 1. The minimum atomic E-state index is -0.452. The van der Waals surface area contributed by atoms with E-state index < -0.39 is 6.10 Å². The van der Waals surface area contributed by atoms with Crippen LogP contribution < -0.4 is 5.32 Å². The Labute approximate surface area is 124 Å². The molecule has 0 saturated heterocycles. The Balaban J connectivity index is 1.59. The first kappa shape index (κ1) is 14.2. The second-order valence-corrected chi connectivity index (χ2v) is 5.87. The summed E-state index contributed by atoms with van der Waals surface area (Å²) < 4.78 is 13.6. The van der Waals surface area contributed by atoms with Crippen molar-refractivity contribution in [1.29, 1.82) is 0 Å². The minimum absolute atomic E-state index is 0.0907. The molecule has 3 heteroatoms. The Hall–Kier alpha value is -1.71. The fourth-order valence-corrected chi connectivity index (χ4v) is 2.78. The molecule has 1 atom stereocenters. The number of hydrogen-bond donors (Lipinski definition) is 2. The third kappa shape index (κ3) is 3.14. The summed E-state index contributed by atoms with van der Waals surface area (Å²) in [5.41, 5.74) is 1.54. The number of aliphatic hydroxyl groups is 1. The van der Waals surface area contributed by atoms with Gasteiger partial charge in [-0.2, -0.15) is 0 Å². The van der Waals surface area contributed by atoms with E-state index >= 15 is 0 Å². The monoisotopic (exact) mass is 285 g/mol. The molecule has 2 N–H and O–H groups in total. The number of aliphatic hydroxyl groups excluding tert-OH is 1. The fourth-order valence-electron chi connectivity index (χ4n) is 2.78. The van der Waals surface area contributed by atoms with Crippen LogP contribution in [-0.4, -0.2) is 11.7 Å². The molecule has 2 aromatic carbocycles. The van der Waals surface area contributed by atoms with E-state index in [1.165, 1.54) is 6.07 Å². The molecule has 3 rings (SSSR count). The van der Waals surface area contributed by atoms with Crippen molar-refractivity contribution in [3.63, 3.8) is 0 Å². The molecule has 0 bridgehead atoms. The maximum absolute atomic E-state index is 13.6. The normalized spacial score (nSPS) is 17.4. The molecule has 2 nitrogen and oxygen atoms in total. The maximum atomic E-state index is 13.6. The first-order valence-corrected chi connectivity index (χ1v) is 7.38. The molecule has 1 saturated carbocycles. The lowest BCUT2D eigenvalue weighted by molar-refractivity contribution is 0.0917. The second-order valence-electron chi connectivity index (χ2n) is 5.87. The van der Waals surface area contributed by atoms with E-state index in [0.29, 0.717) is 18.7 Å². The van der Waals surface area contributed by atoms with Crippen LogP contribution in [0.4, 0.5) is 4.39 Å². The van der Waals surface area contributed by atoms with Gasteiger partial charge in [-0.15, -0.1) is 0 Å². The Morgan fingerprint density at radius 1 is 1.05 bits per heavy atom. The van der Waals surface area contributed by atoms with Gasteiger partial charge in [-0.05, 0) is 24.5 Å². The Morgan fingerprint density at radius 2 is 1.71 bits per heavy atom. The summed E-state index contributed by atoms with van der Waals surface area (Å²) in [4.78, 5) is 0. The lowest BCUT2D eigenvalue weighted by Gasteiger charge is -2.23. The topological polar surface area (TPSA) is 32.3 Å². The van der Waals surface area contributed by atoms with Gasteiger partial charge in [0.15, 0.2) is 0 Å². The second kappa shape index (κ2) is 5.96. The summed E-state index contributed by atoms with van der Waals surface area (Å²) >= 11 is 0. The summed E-state index contributed by atoms with van der Waals surface area (Å²) in [7, 11) is 0. The third-order valence-corrected chi connectivity index (χ3v) is 4.34. The van der Waals surface area contributed by atoms with Crippen LogP contribution in [0.25, 0.3) is 0 Å². The molecule has 0 aromatic heterocycles. The van der Waals surface area contributed by atoms with Crippen LogP contribution in [0.3, 0.4) is 0 Å². The van der Waals surface area contributed by atoms with Gasteiger partial charge >= 0.3 is 0 Å². The third-order valence-electron chi connectivity index (χ3n) is 4.34. The van der Waals surface area contributed by atoms with Crippen LogP contribution in [0.5, 0.6) is 0 Å². The zero-order valence-electron chi connectivity index (χ0n) is 11.9. The molecule has 110 valence electrons. The maximum Gasteiger partial charge on any atom is 0.127 e. The summed E-state index contributed by atoms with van der Waals surface area (Å²) in [5, 5.41) is 13.8. The van der Waals surface area contributed by atoms with Crippen LogP contribution in [0.1, 0.15) is 30.1 Å². The lowest BCUT2D eigenvalue weighted by atomic mass is 9.92. The van der Waals surface area contributed by atoms with E-state index in [4.69, 9.17) is 0 Å². The van der Waals surface area contributed by atoms with Gasteiger partial charge < -0.3 is 10.4 Å². The van der Waals surface area contributed by atoms with Crippen LogP contribution in [0, 0.1) is 11.2 Å². The molecular weight excluding hydrogens is 265 g/mol. The molecule has 21 heavy (non-hydrogen) atoms. The molecule has 1 aliphatic carbocycles. The molecule has 0 aliphatic heterocycles. The highest BCUT2D eigenvalue weighted by molar-refractivity contribution is 5.23. The highest BCUT2D eigenvalue weighted by Crippen LogP contribution is 2.54. The van der Waals surface area contributed by atoms with Gasteiger partial charge in [-0.25, -0.2) is 4.39 Å². The van der Waals surface area contributed by atoms with Gasteiger partial charge in [0, 0.05) is 24.1 Å². The summed E-state index contributed by atoms with van der Waals surface area (Å²) in [5.74, 6) is -0.182. The molecule has 0 amide bonds. The van der Waals surface area contributed by atoms with E-state index in [0.717, 1.165) is 18.4 Å². The van der Waals surface area contributed by atoms with E-state index in [9.17, 15) is 9.50 Å². The van der Waals surface area contributed by atoms with Gasteiger partial charge in [0.2, 0.25) is 0 Å². The largest absolute Gasteiger partial charge is 0.388 e. The highest BCUT2D eigenvalue weighted by atomic mass is 19.1. The molecule has 1 fully saturated rings. The highest BCUT2D eigenvalue weighted by Gasteiger charge is 2.48. The minimum Gasteiger partial charge on any atom is -0.388 e. The zero-order valence-corrected chi connectivity index (χ0v) is 11.9. The zero-order chi connectivity index (χ0) is 14.7. The number of hydrogen-bond acceptors (Lipinski definition) is 2. The molecule has 0 heterocycles. The predicted octanol–water partition coefficient (Wildman–Crippen LogP) is 3.43. The van der Waals surface area contributed by atoms with Crippen molar-refractivity contribution >= 4 is 0 Å². The van der Waals surface area contributed by atoms with Gasteiger partial charge in [0.05, 0.1) is 6.10 Å². The van der Waals surface area contributed by atoms with E-state index in [1.54, 1.807) is 12.1 Å². The van der Waals surface area contributed by atoms with Crippen molar-refractivity contribution in [2.45, 2.75) is 25.5 Å². The number of rotatable bonds is 6. The van der Waals surface area contributed by atoms with E-state index in [1.807, 2.05) is 36.4 Å². The average Bonchev–Trinajstić information content (AvgIpc) is 3.30. The summed E-state index contributed by atoms with van der Waals surface area (Å²) in [6, 6.07) is 16.6. The fraction of sp³-hybridized carbons (Fsp3) is 0.333. The van der Waals surface area contributed by atoms with Crippen LogP contribution >= 0.6 is 0 Å². The van der Waals surface area contributed by atoms with Gasteiger partial charge in [-0.1, -0.05) is 48.5 Å². The van der Waals surface area contributed by atoms with Crippen LogP contribution in [0.2, 0.25) is 0 Å². The summed E-state index contributed by atoms with van der Waals surface area (Å²) in [6.45, 7) is 1.20. The Bertz CT molecular complexity index is 595. The lowest BCUT2D eigenvalue weighted by Crippen LogP contribution is -2.28. The number of halogens is 1. The van der Waals surface area contributed by atoms with Crippen molar-refractivity contribution in [3.05, 3.63) is 71.5 Å².